The van der Waals surface area contributed by atoms with Crippen LogP contribution in [-0.4, -0.2) is 19.1 Å². The molecule has 0 spiro atoms. The number of carbonyl (C=O) groups excluding carboxylic acids is 1. The molecule has 23 heavy (non-hydrogen) atoms. The number of carbonyl (C=O) groups is 1. The molecule has 2 aromatic carbocycles. The number of benzene rings is 2. The summed E-state index contributed by atoms with van der Waals surface area (Å²) in [5, 5.41) is 2.78. The SMILES string of the molecule is CC(C)(C)c1ccc(C(=O)NCCOc2cccc(F)c2)cc1. The molecule has 122 valence electrons. The lowest BCUT2D eigenvalue weighted by molar-refractivity contribution is 0.0947. The van der Waals surface area contributed by atoms with Crippen LogP contribution in [0, 0.1) is 5.82 Å². The molecule has 0 aliphatic heterocycles. The summed E-state index contributed by atoms with van der Waals surface area (Å²) in [6, 6.07) is 13.5. The Morgan fingerprint density at radius 2 is 1.83 bits per heavy atom. The van der Waals surface area contributed by atoms with E-state index in [1.807, 2.05) is 24.3 Å². The Labute approximate surface area is 136 Å². The Balaban J connectivity index is 1.81. The van der Waals surface area contributed by atoms with Crippen molar-refractivity contribution in [1.29, 1.82) is 0 Å². The van der Waals surface area contributed by atoms with Gasteiger partial charge in [0.2, 0.25) is 0 Å². The molecule has 0 bridgehead atoms. The topological polar surface area (TPSA) is 38.3 Å². The van der Waals surface area contributed by atoms with Crippen molar-refractivity contribution >= 4 is 5.91 Å². The first kappa shape index (κ1) is 17.0. The lowest BCUT2D eigenvalue weighted by Gasteiger charge is -2.19. The van der Waals surface area contributed by atoms with Gasteiger partial charge in [0.1, 0.15) is 18.2 Å². The summed E-state index contributed by atoms with van der Waals surface area (Å²) >= 11 is 0. The molecular formula is C19H22FNO2. The first-order chi connectivity index (χ1) is 10.9. The zero-order valence-electron chi connectivity index (χ0n) is 13.7. The van der Waals surface area contributed by atoms with Gasteiger partial charge < -0.3 is 10.1 Å². The molecule has 2 rings (SSSR count). The Bertz CT molecular complexity index is 660. The van der Waals surface area contributed by atoms with Gasteiger partial charge in [-0.1, -0.05) is 39.0 Å². The molecule has 0 aliphatic carbocycles. The molecule has 0 aromatic heterocycles. The van der Waals surface area contributed by atoms with Crippen molar-refractivity contribution in [3.63, 3.8) is 0 Å². The van der Waals surface area contributed by atoms with Crippen molar-refractivity contribution in [3.05, 3.63) is 65.5 Å². The van der Waals surface area contributed by atoms with Crippen LogP contribution >= 0.6 is 0 Å². The molecule has 0 heterocycles. The highest BCUT2D eigenvalue weighted by Gasteiger charge is 2.14. The first-order valence-corrected chi connectivity index (χ1v) is 7.63. The zero-order chi connectivity index (χ0) is 16.9. The van der Waals surface area contributed by atoms with Crippen LogP contribution in [0.15, 0.2) is 48.5 Å². The second kappa shape index (κ2) is 7.27. The number of hydrogen-bond donors (Lipinski definition) is 1. The maximum Gasteiger partial charge on any atom is 0.251 e. The van der Waals surface area contributed by atoms with Gasteiger partial charge in [0.15, 0.2) is 0 Å². The molecule has 0 saturated carbocycles. The van der Waals surface area contributed by atoms with E-state index in [9.17, 15) is 9.18 Å². The standard InChI is InChI=1S/C19H22FNO2/c1-19(2,3)15-9-7-14(8-10-15)18(22)21-11-12-23-17-6-4-5-16(20)13-17/h4-10,13H,11-12H2,1-3H3,(H,21,22). The lowest BCUT2D eigenvalue weighted by atomic mass is 9.87. The molecular weight excluding hydrogens is 293 g/mol. The van der Waals surface area contributed by atoms with Crippen molar-refractivity contribution in [2.75, 3.05) is 13.2 Å². The number of halogens is 1. The quantitative estimate of drug-likeness (QED) is 0.849. The van der Waals surface area contributed by atoms with Crippen LogP contribution in [-0.2, 0) is 5.41 Å². The molecule has 2 aromatic rings. The van der Waals surface area contributed by atoms with E-state index in [1.165, 1.54) is 17.7 Å². The maximum atomic E-state index is 13.0. The molecule has 0 fully saturated rings. The number of ether oxygens (including phenoxy) is 1. The highest BCUT2D eigenvalue weighted by atomic mass is 19.1. The first-order valence-electron chi connectivity index (χ1n) is 7.63. The lowest BCUT2D eigenvalue weighted by Crippen LogP contribution is -2.28. The fourth-order valence-corrected chi connectivity index (χ4v) is 2.11. The van der Waals surface area contributed by atoms with Crippen molar-refractivity contribution in [3.8, 4) is 5.75 Å². The Hall–Kier alpha value is -2.36. The van der Waals surface area contributed by atoms with E-state index in [0.29, 0.717) is 17.9 Å². The minimum atomic E-state index is -0.342. The Kier molecular flexibility index (Phi) is 5.37. The van der Waals surface area contributed by atoms with Crippen LogP contribution in [0.3, 0.4) is 0 Å². The summed E-state index contributed by atoms with van der Waals surface area (Å²) in [6.07, 6.45) is 0. The zero-order valence-corrected chi connectivity index (χ0v) is 13.7. The third-order valence-corrected chi connectivity index (χ3v) is 3.47. The van der Waals surface area contributed by atoms with Crippen LogP contribution in [0.25, 0.3) is 0 Å². The van der Waals surface area contributed by atoms with E-state index in [0.717, 1.165) is 0 Å². The van der Waals surface area contributed by atoms with E-state index in [2.05, 4.69) is 26.1 Å². The van der Waals surface area contributed by atoms with Gasteiger partial charge in [0, 0.05) is 11.6 Å². The van der Waals surface area contributed by atoms with Crippen LogP contribution in [0.2, 0.25) is 0 Å². The van der Waals surface area contributed by atoms with E-state index in [-0.39, 0.29) is 23.7 Å². The summed E-state index contributed by atoms with van der Waals surface area (Å²) in [6.45, 7) is 7.04. The van der Waals surface area contributed by atoms with Crippen molar-refractivity contribution < 1.29 is 13.9 Å². The molecule has 3 nitrogen and oxygen atoms in total. The maximum absolute atomic E-state index is 13.0. The van der Waals surface area contributed by atoms with Gasteiger partial charge in [0.05, 0.1) is 6.54 Å². The second-order valence-corrected chi connectivity index (χ2v) is 6.39. The summed E-state index contributed by atoms with van der Waals surface area (Å²) < 4.78 is 18.4. The Morgan fingerprint density at radius 3 is 2.43 bits per heavy atom. The molecule has 0 aliphatic rings. The van der Waals surface area contributed by atoms with Crippen LogP contribution in [0.1, 0.15) is 36.7 Å². The predicted molar refractivity (Wildman–Crippen MR) is 89.4 cm³/mol. The fraction of sp³-hybridized carbons (Fsp3) is 0.316. The minimum absolute atomic E-state index is 0.0633. The van der Waals surface area contributed by atoms with Gasteiger partial charge in [-0.15, -0.1) is 0 Å². The van der Waals surface area contributed by atoms with E-state index in [1.54, 1.807) is 12.1 Å². The smallest absolute Gasteiger partial charge is 0.251 e. The highest BCUT2D eigenvalue weighted by molar-refractivity contribution is 5.94. The second-order valence-electron chi connectivity index (χ2n) is 6.39. The summed E-state index contributed by atoms with van der Waals surface area (Å²) in [7, 11) is 0. The summed E-state index contributed by atoms with van der Waals surface area (Å²) in [5.41, 5.74) is 1.86. The minimum Gasteiger partial charge on any atom is -0.492 e. The monoisotopic (exact) mass is 315 g/mol. The van der Waals surface area contributed by atoms with Gasteiger partial charge in [-0.05, 0) is 35.2 Å². The van der Waals surface area contributed by atoms with Gasteiger partial charge >= 0.3 is 0 Å². The summed E-state index contributed by atoms with van der Waals surface area (Å²) in [4.78, 5) is 12.0. The third kappa shape index (κ3) is 5.09. The molecule has 4 heteroatoms. The molecule has 0 unspecified atom stereocenters. The molecule has 0 saturated heterocycles. The average molecular weight is 315 g/mol. The average Bonchev–Trinajstić information content (AvgIpc) is 2.51. The van der Waals surface area contributed by atoms with Crippen molar-refractivity contribution in [2.24, 2.45) is 0 Å². The highest BCUT2D eigenvalue weighted by Crippen LogP contribution is 2.22. The predicted octanol–water partition coefficient (Wildman–Crippen LogP) is 3.93. The number of nitrogens with one attached hydrogen (secondary N) is 1. The third-order valence-electron chi connectivity index (χ3n) is 3.47. The van der Waals surface area contributed by atoms with Gasteiger partial charge in [0.25, 0.3) is 5.91 Å². The van der Waals surface area contributed by atoms with Crippen LogP contribution < -0.4 is 10.1 Å². The number of hydrogen-bond acceptors (Lipinski definition) is 2. The largest absolute Gasteiger partial charge is 0.492 e. The molecule has 0 radical (unpaired) electrons. The van der Waals surface area contributed by atoms with E-state index < -0.39 is 0 Å². The normalized spacial score (nSPS) is 11.1. The van der Waals surface area contributed by atoms with Crippen molar-refractivity contribution in [2.45, 2.75) is 26.2 Å². The van der Waals surface area contributed by atoms with Gasteiger partial charge in [-0.2, -0.15) is 0 Å². The van der Waals surface area contributed by atoms with Gasteiger partial charge in [-0.25, -0.2) is 4.39 Å². The van der Waals surface area contributed by atoms with Crippen LogP contribution in [0.5, 0.6) is 5.75 Å². The summed E-state index contributed by atoms with van der Waals surface area (Å²) in [5.74, 6) is -0.0347. The van der Waals surface area contributed by atoms with E-state index in [4.69, 9.17) is 4.74 Å². The van der Waals surface area contributed by atoms with Crippen molar-refractivity contribution in [1.82, 2.24) is 5.32 Å². The molecule has 1 amide bonds. The van der Waals surface area contributed by atoms with Gasteiger partial charge in [-0.3, -0.25) is 4.79 Å². The Morgan fingerprint density at radius 1 is 1.13 bits per heavy atom. The molecule has 0 atom stereocenters. The molecule has 1 N–H and O–H groups in total. The number of rotatable bonds is 5. The van der Waals surface area contributed by atoms with E-state index >= 15 is 0 Å². The number of amides is 1. The fourth-order valence-electron chi connectivity index (χ4n) is 2.11. The van der Waals surface area contributed by atoms with Crippen LogP contribution in [0.4, 0.5) is 4.39 Å².